The van der Waals surface area contributed by atoms with Gasteiger partial charge < -0.3 is 0 Å². The van der Waals surface area contributed by atoms with Gasteiger partial charge in [0.15, 0.2) is 0 Å². The van der Waals surface area contributed by atoms with Gasteiger partial charge in [0.25, 0.3) is 0 Å². The third-order valence-corrected chi connectivity index (χ3v) is 3.86. The van der Waals surface area contributed by atoms with Crippen LogP contribution in [0.2, 0.25) is 0 Å². The number of likely N-dealkylation sites (tertiary alicyclic amines) is 1. The monoisotopic (exact) mass is 204 g/mol. The second kappa shape index (κ2) is 4.36. The second-order valence-electron chi connectivity index (χ2n) is 4.80. The van der Waals surface area contributed by atoms with E-state index in [1.54, 1.807) is 0 Å². The number of hydrogen-bond donors (Lipinski definition) is 0. The van der Waals surface area contributed by atoms with E-state index in [-0.39, 0.29) is 0 Å². The minimum absolute atomic E-state index is 1.21. The summed E-state index contributed by atoms with van der Waals surface area (Å²) in [7, 11) is 0. The van der Waals surface area contributed by atoms with Gasteiger partial charge in [-0.15, -0.1) is 0 Å². The van der Waals surface area contributed by atoms with Gasteiger partial charge in [-0.05, 0) is 45.2 Å². The van der Waals surface area contributed by atoms with E-state index in [1.165, 1.54) is 54.6 Å². The molecule has 0 atom stereocenters. The smallest absolute Gasteiger partial charge is 0.132 e. The highest BCUT2D eigenvalue weighted by molar-refractivity contribution is 5.44. The SMILES string of the molecule is CC[N+]1(c2ccc(C)cc2)CCCCC1. The second-order valence-corrected chi connectivity index (χ2v) is 4.80. The molecule has 0 amide bonds. The van der Waals surface area contributed by atoms with Gasteiger partial charge in [-0.1, -0.05) is 17.7 Å². The molecule has 0 aromatic heterocycles. The Morgan fingerprint density at radius 3 is 2.13 bits per heavy atom. The molecule has 1 aliphatic rings. The van der Waals surface area contributed by atoms with Crippen LogP contribution in [0.25, 0.3) is 0 Å². The van der Waals surface area contributed by atoms with Gasteiger partial charge in [-0.3, -0.25) is 4.48 Å². The molecule has 0 radical (unpaired) electrons. The zero-order valence-corrected chi connectivity index (χ0v) is 10.00. The van der Waals surface area contributed by atoms with E-state index in [2.05, 4.69) is 38.1 Å². The first-order valence-electron chi connectivity index (χ1n) is 6.20. The molecule has 15 heavy (non-hydrogen) atoms. The molecule has 82 valence electrons. The van der Waals surface area contributed by atoms with Crippen molar-refractivity contribution in [2.75, 3.05) is 19.6 Å². The van der Waals surface area contributed by atoms with Crippen LogP contribution >= 0.6 is 0 Å². The van der Waals surface area contributed by atoms with Gasteiger partial charge in [0.1, 0.15) is 5.69 Å². The van der Waals surface area contributed by atoms with Crippen molar-refractivity contribution in [1.82, 2.24) is 4.48 Å². The topological polar surface area (TPSA) is 0 Å². The van der Waals surface area contributed by atoms with Crippen molar-refractivity contribution in [3.8, 4) is 0 Å². The first kappa shape index (κ1) is 10.7. The van der Waals surface area contributed by atoms with Gasteiger partial charge in [0.2, 0.25) is 0 Å². The molecular weight excluding hydrogens is 182 g/mol. The van der Waals surface area contributed by atoms with Crippen molar-refractivity contribution in [2.24, 2.45) is 0 Å². The summed E-state index contributed by atoms with van der Waals surface area (Å²) in [5, 5.41) is 0. The van der Waals surface area contributed by atoms with Crippen LogP contribution in [0.4, 0.5) is 5.69 Å². The number of aryl methyl sites for hydroxylation is 1. The Morgan fingerprint density at radius 2 is 1.60 bits per heavy atom. The lowest BCUT2D eigenvalue weighted by Gasteiger charge is -2.40. The fourth-order valence-corrected chi connectivity index (χ4v) is 2.74. The van der Waals surface area contributed by atoms with Crippen LogP contribution < -0.4 is 4.48 Å². The van der Waals surface area contributed by atoms with E-state index in [1.807, 2.05) is 0 Å². The molecule has 0 spiro atoms. The molecule has 1 aromatic carbocycles. The Hall–Kier alpha value is -0.820. The van der Waals surface area contributed by atoms with Crippen molar-refractivity contribution >= 4 is 5.69 Å². The van der Waals surface area contributed by atoms with Gasteiger partial charge in [0, 0.05) is 0 Å². The summed E-state index contributed by atoms with van der Waals surface area (Å²) in [6, 6.07) is 9.15. The zero-order valence-electron chi connectivity index (χ0n) is 10.00. The van der Waals surface area contributed by atoms with Gasteiger partial charge in [0.05, 0.1) is 19.6 Å². The first-order valence-corrected chi connectivity index (χ1v) is 6.20. The van der Waals surface area contributed by atoms with Crippen LogP contribution in [0.5, 0.6) is 0 Å². The zero-order chi connectivity index (χ0) is 10.7. The number of rotatable bonds is 2. The van der Waals surface area contributed by atoms with Crippen LogP contribution in [0, 0.1) is 6.92 Å². The maximum Gasteiger partial charge on any atom is 0.132 e. The number of benzene rings is 1. The molecular formula is C14H22N+. The van der Waals surface area contributed by atoms with E-state index < -0.39 is 0 Å². The number of nitrogens with zero attached hydrogens (tertiary/aromatic N) is 1. The summed E-state index contributed by atoms with van der Waals surface area (Å²) in [5.74, 6) is 0. The van der Waals surface area contributed by atoms with Crippen molar-refractivity contribution < 1.29 is 0 Å². The lowest BCUT2D eigenvalue weighted by Crippen LogP contribution is -2.52. The third-order valence-electron chi connectivity index (χ3n) is 3.86. The molecule has 0 bridgehead atoms. The third kappa shape index (κ3) is 2.07. The predicted molar refractivity (Wildman–Crippen MR) is 67.1 cm³/mol. The first-order chi connectivity index (χ1) is 7.27. The molecule has 2 rings (SSSR count). The van der Waals surface area contributed by atoms with Crippen molar-refractivity contribution in [2.45, 2.75) is 33.1 Å². The summed E-state index contributed by atoms with van der Waals surface area (Å²) >= 11 is 0. The molecule has 1 heterocycles. The summed E-state index contributed by atoms with van der Waals surface area (Å²) in [6.45, 7) is 8.39. The van der Waals surface area contributed by atoms with Crippen molar-refractivity contribution in [3.05, 3.63) is 29.8 Å². The van der Waals surface area contributed by atoms with Crippen LogP contribution in [-0.4, -0.2) is 19.6 Å². The highest BCUT2D eigenvalue weighted by atomic mass is 15.4. The van der Waals surface area contributed by atoms with E-state index in [4.69, 9.17) is 0 Å². The van der Waals surface area contributed by atoms with Gasteiger partial charge in [-0.25, -0.2) is 0 Å². The average molecular weight is 204 g/mol. The Balaban J connectivity index is 2.28. The van der Waals surface area contributed by atoms with E-state index in [0.29, 0.717) is 0 Å². The Morgan fingerprint density at radius 1 is 1.00 bits per heavy atom. The lowest BCUT2D eigenvalue weighted by molar-refractivity contribution is 0.239. The van der Waals surface area contributed by atoms with Crippen molar-refractivity contribution in [1.29, 1.82) is 0 Å². The fourth-order valence-electron chi connectivity index (χ4n) is 2.74. The van der Waals surface area contributed by atoms with Crippen molar-refractivity contribution in [3.63, 3.8) is 0 Å². The molecule has 0 unspecified atom stereocenters. The standard InChI is InChI=1S/C14H22N/c1-3-15(11-5-4-6-12-15)14-9-7-13(2)8-10-14/h7-10H,3-6,11-12H2,1-2H3/q+1. The average Bonchev–Trinajstić information content (AvgIpc) is 2.31. The minimum atomic E-state index is 1.21. The summed E-state index contributed by atoms with van der Waals surface area (Å²) in [6.07, 6.45) is 4.20. The van der Waals surface area contributed by atoms with Gasteiger partial charge >= 0.3 is 0 Å². The highest BCUT2D eigenvalue weighted by Gasteiger charge is 2.30. The van der Waals surface area contributed by atoms with Crippen LogP contribution in [0.1, 0.15) is 31.7 Å². The summed E-state index contributed by atoms with van der Waals surface area (Å²) in [5.41, 5.74) is 2.88. The maximum absolute atomic E-state index is 2.32. The maximum atomic E-state index is 2.32. The normalized spacial score (nSPS) is 20.1. The molecule has 1 saturated heterocycles. The Bertz CT molecular complexity index is 307. The molecule has 1 fully saturated rings. The van der Waals surface area contributed by atoms with E-state index in [0.717, 1.165) is 0 Å². The summed E-state index contributed by atoms with van der Waals surface area (Å²) < 4.78 is 1.21. The molecule has 0 aliphatic carbocycles. The van der Waals surface area contributed by atoms with Gasteiger partial charge in [-0.2, -0.15) is 0 Å². The van der Waals surface area contributed by atoms with Crippen LogP contribution in [0.3, 0.4) is 0 Å². The molecule has 1 nitrogen and oxygen atoms in total. The summed E-state index contributed by atoms with van der Waals surface area (Å²) in [4.78, 5) is 0. The number of hydrogen-bond acceptors (Lipinski definition) is 0. The molecule has 1 aliphatic heterocycles. The van der Waals surface area contributed by atoms with E-state index >= 15 is 0 Å². The largest absolute Gasteiger partial charge is 0.291 e. The lowest BCUT2D eigenvalue weighted by atomic mass is 10.1. The molecule has 1 heteroatoms. The molecule has 0 saturated carbocycles. The predicted octanol–water partition coefficient (Wildman–Crippen LogP) is 3.51. The quantitative estimate of drug-likeness (QED) is 0.647. The number of piperidine rings is 1. The fraction of sp³-hybridized carbons (Fsp3) is 0.571. The minimum Gasteiger partial charge on any atom is -0.291 e. The Labute approximate surface area is 93.3 Å². The highest BCUT2D eigenvalue weighted by Crippen LogP contribution is 2.28. The molecule has 1 aromatic rings. The van der Waals surface area contributed by atoms with Crippen LogP contribution in [0.15, 0.2) is 24.3 Å². The van der Waals surface area contributed by atoms with E-state index in [9.17, 15) is 0 Å². The number of quaternary nitrogens is 1. The van der Waals surface area contributed by atoms with Crippen LogP contribution in [-0.2, 0) is 0 Å². The molecule has 0 N–H and O–H groups in total. The Kier molecular flexibility index (Phi) is 3.11.